The molecule has 1 saturated heterocycles. The molecular formula is C27H37N3O6. The molecule has 3 rings (SSSR count). The number of cyclic esters (lactones) is 1. The molecule has 2 aliphatic heterocycles. The number of hydrogen-bond donors (Lipinski definition) is 1. The summed E-state index contributed by atoms with van der Waals surface area (Å²) < 4.78 is 11.0. The molecule has 9 nitrogen and oxygen atoms in total. The normalized spacial score (nSPS) is 25.2. The molecule has 3 atom stereocenters. The molecule has 196 valence electrons. The van der Waals surface area contributed by atoms with Crippen LogP contribution in [0.3, 0.4) is 0 Å². The molecule has 2 heterocycles. The summed E-state index contributed by atoms with van der Waals surface area (Å²) in [4.78, 5) is 55.3. The van der Waals surface area contributed by atoms with Gasteiger partial charge in [-0.1, -0.05) is 36.4 Å². The predicted octanol–water partition coefficient (Wildman–Crippen LogP) is 2.83. The van der Waals surface area contributed by atoms with Crippen molar-refractivity contribution in [1.29, 1.82) is 0 Å². The summed E-state index contributed by atoms with van der Waals surface area (Å²) >= 11 is 0. The van der Waals surface area contributed by atoms with Crippen LogP contribution < -0.4 is 5.32 Å². The van der Waals surface area contributed by atoms with Crippen LogP contribution in [0.4, 0.5) is 4.79 Å². The number of ether oxygens (including phenoxy) is 2. The first-order chi connectivity index (χ1) is 17.0. The second kappa shape index (κ2) is 12.1. The van der Waals surface area contributed by atoms with Crippen molar-refractivity contribution in [2.75, 3.05) is 19.7 Å². The monoisotopic (exact) mass is 499 g/mol. The Hall–Kier alpha value is -3.36. The third-order valence-electron chi connectivity index (χ3n) is 6.18. The number of hydrogen-bond acceptors (Lipinski definition) is 6. The number of esters is 1. The van der Waals surface area contributed by atoms with Gasteiger partial charge in [0.25, 0.3) is 0 Å². The maximum Gasteiger partial charge on any atom is 0.410 e. The second-order valence-electron chi connectivity index (χ2n) is 10.3. The summed E-state index contributed by atoms with van der Waals surface area (Å²) in [5.74, 6) is -1.14. The van der Waals surface area contributed by atoms with Gasteiger partial charge < -0.3 is 24.6 Å². The summed E-state index contributed by atoms with van der Waals surface area (Å²) in [5, 5.41) is 2.82. The van der Waals surface area contributed by atoms with Crippen LogP contribution >= 0.6 is 0 Å². The Morgan fingerprint density at radius 3 is 2.56 bits per heavy atom. The number of carbonyl (C=O) groups is 4. The molecule has 1 aromatic rings. The molecule has 0 radical (unpaired) electrons. The van der Waals surface area contributed by atoms with E-state index in [-0.39, 0.29) is 37.8 Å². The van der Waals surface area contributed by atoms with Gasteiger partial charge in [-0.25, -0.2) is 9.59 Å². The largest absolute Gasteiger partial charge is 0.460 e. The third kappa shape index (κ3) is 7.57. The average Bonchev–Trinajstić information content (AvgIpc) is 3.30. The summed E-state index contributed by atoms with van der Waals surface area (Å²) in [6, 6.07) is 7.37. The lowest BCUT2D eigenvalue weighted by Gasteiger charge is -2.32. The van der Waals surface area contributed by atoms with Gasteiger partial charge in [-0.3, -0.25) is 9.59 Å². The van der Waals surface area contributed by atoms with E-state index in [9.17, 15) is 19.2 Å². The highest BCUT2D eigenvalue weighted by atomic mass is 16.6. The Morgan fingerprint density at radius 2 is 1.86 bits per heavy atom. The average molecular weight is 500 g/mol. The van der Waals surface area contributed by atoms with Crippen LogP contribution in [0.15, 0.2) is 42.5 Å². The minimum absolute atomic E-state index is 0.00891. The summed E-state index contributed by atoms with van der Waals surface area (Å²) in [5.41, 5.74) is 0.192. The van der Waals surface area contributed by atoms with E-state index < -0.39 is 35.8 Å². The topological polar surface area (TPSA) is 105 Å². The number of carbonyl (C=O) groups excluding carboxylic acids is 4. The van der Waals surface area contributed by atoms with Crippen LogP contribution in [0.25, 0.3) is 0 Å². The molecule has 2 aliphatic rings. The zero-order valence-electron chi connectivity index (χ0n) is 21.6. The lowest BCUT2D eigenvalue weighted by Crippen LogP contribution is -2.52. The molecule has 0 saturated carbocycles. The van der Waals surface area contributed by atoms with Crippen molar-refractivity contribution in [3.05, 3.63) is 48.0 Å². The van der Waals surface area contributed by atoms with Gasteiger partial charge in [-0.2, -0.15) is 0 Å². The molecule has 1 N–H and O–H groups in total. The Balaban J connectivity index is 1.84. The molecule has 1 fully saturated rings. The molecule has 0 bridgehead atoms. The Kier molecular flexibility index (Phi) is 9.12. The number of benzene rings is 1. The molecule has 1 aromatic carbocycles. The van der Waals surface area contributed by atoms with Gasteiger partial charge >= 0.3 is 12.1 Å². The molecule has 2 unspecified atom stereocenters. The first kappa shape index (κ1) is 27.2. The van der Waals surface area contributed by atoms with Gasteiger partial charge in [-0.05, 0) is 52.2 Å². The molecule has 3 amide bonds. The van der Waals surface area contributed by atoms with Gasteiger partial charge in [0, 0.05) is 32.0 Å². The summed E-state index contributed by atoms with van der Waals surface area (Å²) in [6.45, 7) is 7.76. The van der Waals surface area contributed by atoms with E-state index in [4.69, 9.17) is 9.47 Å². The highest BCUT2D eigenvalue weighted by molar-refractivity contribution is 5.91. The highest BCUT2D eigenvalue weighted by Crippen LogP contribution is 2.21. The van der Waals surface area contributed by atoms with E-state index in [1.165, 1.54) is 4.90 Å². The minimum Gasteiger partial charge on any atom is -0.460 e. The molecule has 36 heavy (non-hydrogen) atoms. The van der Waals surface area contributed by atoms with E-state index in [0.717, 1.165) is 5.56 Å². The Labute approximate surface area is 212 Å². The van der Waals surface area contributed by atoms with Crippen LogP contribution in [0, 0.1) is 0 Å². The zero-order valence-corrected chi connectivity index (χ0v) is 21.6. The molecule has 0 spiro atoms. The van der Waals surface area contributed by atoms with Crippen LogP contribution in [0.5, 0.6) is 0 Å². The molecule has 0 aliphatic carbocycles. The maximum atomic E-state index is 13.2. The number of nitrogens with zero attached hydrogens (tertiary/aromatic N) is 2. The first-order valence-corrected chi connectivity index (χ1v) is 12.5. The van der Waals surface area contributed by atoms with E-state index >= 15 is 0 Å². The van der Waals surface area contributed by atoms with Crippen molar-refractivity contribution < 1.29 is 28.7 Å². The van der Waals surface area contributed by atoms with Crippen molar-refractivity contribution in [2.45, 2.75) is 77.1 Å². The second-order valence-corrected chi connectivity index (χ2v) is 10.3. The van der Waals surface area contributed by atoms with Gasteiger partial charge in [0.2, 0.25) is 11.8 Å². The van der Waals surface area contributed by atoms with Crippen molar-refractivity contribution in [1.82, 2.24) is 15.1 Å². The fraction of sp³-hybridized carbons (Fsp3) is 0.556. The lowest BCUT2D eigenvalue weighted by atomic mass is 10.0. The first-order valence-electron chi connectivity index (χ1n) is 12.5. The maximum absolute atomic E-state index is 13.2. The molecule has 9 heteroatoms. The molecular weight excluding hydrogens is 462 g/mol. The van der Waals surface area contributed by atoms with Crippen molar-refractivity contribution in [3.63, 3.8) is 0 Å². The number of amides is 3. The highest BCUT2D eigenvalue weighted by Gasteiger charge is 2.37. The smallest absolute Gasteiger partial charge is 0.410 e. The number of nitrogens with one attached hydrogen (secondary N) is 1. The van der Waals surface area contributed by atoms with Gasteiger partial charge in [0.15, 0.2) is 0 Å². The van der Waals surface area contributed by atoms with Crippen LogP contribution in [-0.2, 0) is 30.3 Å². The number of fused-ring (bicyclic) bond motifs is 1. The van der Waals surface area contributed by atoms with E-state index in [1.54, 1.807) is 44.7 Å². The van der Waals surface area contributed by atoms with E-state index in [1.807, 2.05) is 30.3 Å². The van der Waals surface area contributed by atoms with Gasteiger partial charge in [0.05, 0.1) is 0 Å². The Bertz CT molecular complexity index is 971. The SMILES string of the molecule is CC1CC(=O)N2CCC[C@H]2C(=O)NC(Cc2ccccc2)C(=O)OC/C=C/CN1C(=O)OC(C)(C)C. The van der Waals surface area contributed by atoms with Crippen molar-refractivity contribution >= 4 is 23.9 Å². The van der Waals surface area contributed by atoms with Crippen molar-refractivity contribution in [2.24, 2.45) is 0 Å². The third-order valence-corrected chi connectivity index (χ3v) is 6.18. The number of rotatable bonds is 2. The minimum atomic E-state index is -0.881. The van der Waals surface area contributed by atoms with Crippen LogP contribution in [0.2, 0.25) is 0 Å². The fourth-order valence-corrected chi connectivity index (χ4v) is 4.37. The predicted molar refractivity (Wildman–Crippen MR) is 134 cm³/mol. The standard InChI is InChI=1S/C27H37N3O6/c1-19-17-23(31)30-15-10-13-22(30)24(32)28-21(18-20-11-6-5-7-12-20)25(33)35-16-9-8-14-29(19)26(34)36-27(2,3)4/h5-9,11-12,19,21-22H,10,13-18H2,1-4H3,(H,28,32)/b9-8+/t19?,21?,22-/m0/s1. The van der Waals surface area contributed by atoms with Crippen LogP contribution in [0.1, 0.15) is 52.5 Å². The van der Waals surface area contributed by atoms with Gasteiger partial charge in [0.1, 0.15) is 24.3 Å². The van der Waals surface area contributed by atoms with Crippen LogP contribution in [-0.4, -0.2) is 77.1 Å². The van der Waals surface area contributed by atoms with Crippen molar-refractivity contribution in [3.8, 4) is 0 Å². The van der Waals surface area contributed by atoms with E-state index in [2.05, 4.69) is 5.32 Å². The van der Waals surface area contributed by atoms with Gasteiger partial charge in [-0.15, -0.1) is 0 Å². The van der Waals surface area contributed by atoms with E-state index in [0.29, 0.717) is 19.4 Å². The summed E-state index contributed by atoms with van der Waals surface area (Å²) in [6.07, 6.45) is 4.34. The Morgan fingerprint density at radius 1 is 1.14 bits per heavy atom. The quantitative estimate of drug-likeness (QED) is 0.496. The summed E-state index contributed by atoms with van der Waals surface area (Å²) in [7, 11) is 0. The fourth-order valence-electron chi connectivity index (χ4n) is 4.37. The lowest BCUT2D eigenvalue weighted by molar-refractivity contribution is -0.147. The zero-order chi connectivity index (χ0) is 26.3. The molecule has 0 aromatic heterocycles.